The molecule has 0 bridgehead atoms. The lowest BCUT2D eigenvalue weighted by Gasteiger charge is -2.44. The highest BCUT2D eigenvalue weighted by molar-refractivity contribution is 4.86. The van der Waals surface area contributed by atoms with Gasteiger partial charge in [-0.2, -0.15) is 0 Å². The molecule has 1 rings (SSSR count). The van der Waals surface area contributed by atoms with Crippen LogP contribution >= 0.6 is 0 Å². The summed E-state index contributed by atoms with van der Waals surface area (Å²) in [6.07, 6.45) is 2.55. The highest BCUT2D eigenvalue weighted by Gasteiger charge is 2.29. The fourth-order valence-electron chi connectivity index (χ4n) is 1.53. The second kappa shape index (κ2) is 3.35. The van der Waals surface area contributed by atoms with Crippen LogP contribution in [0.25, 0.3) is 0 Å². The maximum absolute atomic E-state index is 5.58. The van der Waals surface area contributed by atoms with Gasteiger partial charge in [0.15, 0.2) is 0 Å². The summed E-state index contributed by atoms with van der Waals surface area (Å²) in [4.78, 5) is 2.50. The Kier molecular flexibility index (Phi) is 2.69. The minimum atomic E-state index is 0.690. The molecule has 60 valence electrons. The first-order valence-corrected chi connectivity index (χ1v) is 4.25. The van der Waals surface area contributed by atoms with Crippen molar-refractivity contribution in [2.24, 2.45) is 5.73 Å². The van der Waals surface area contributed by atoms with Crippen LogP contribution in [0.3, 0.4) is 0 Å². The van der Waals surface area contributed by atoms with Gasteiger partial charge in [-0.1, -0.05) is 6.92 Å². The predicted molar refractivity (Wildman–Crippen MR) is 43.9 cm³/mol. The van der Waals surface area contributed by atoms with E-state index in [4.69, 9.17) is 5.73 Å². The Hall–Kier alpha value is -0.0800. The highest BCUT2D eigenvalue weighted by atomic mass is 15.2. The maximum atomic E-state index is 5.58. The van der Waals surface area contributed by atoms with Gasteiger partial charge in [-0.3, -0.25) is 4.90 Å². The van der Waals surface area contributed by atoms with Gasteiger partial charge < -0.3 is 5.73 Å². The van der Waals surface area contributed by atoms with Gasteiger partial charge in [-0.15, -0.1) is 0 Å². The Balaban J connectivity index is 2.27. The summed E-state index contributed by atoms with van der Waals surface area (Å²) in [5, 5.41) is 0. The minimum absolute atomic E-state index is 0.690. The van der Waals surface area contributed by atoms with Crippen LogP contribution in [0.4, 0.5) is 0 Å². The molecule has 0 spiro atoms. The van der Waals surface area contributed by atoms with E-state index in [-0.39, 0.29) is 0 Å². The molecule has 1 heterocycles. The van der Waals surface area contributed by atoms with Gasteiger partial charge in [0.05, 0.1) is 0 Å². The van der Waals surface area contributed by atoms with E-state index in [0.29, 0.717) is 6.04 Å². The number of likely N-dealkylation sites (tertiary alicyclic amines) is 1. The number of hydrogen-bond acceptors (Lipinski definition) is 2. The Morgan fingerprint density at radius 3 is 2.70 bits per heavy atom. The first kappa shape index (κ1) is 8.02. The van der Waals surface area contributed by atoms with Crippen LogP contribution in [0.5, 0.6) is 0 Å². The van der Waals surface area contributed by atoms with Crippen molar-refractivity contribution in [2.45, 2.75) is 38.8 Å². The summed E-state index contributed by atoms with van der Waals surface area (Å²) in [5.41, 5.74) is 5.58. The Labute approximate surface area is 63.4 Å². The van der Waals surface area contributed by atoms with Crippen LogP contribution in [-0.4, -0.2) is 30.1 Å². The molecule has 10 heavy (non-hydrogen) atoms. The average Bonchev–Trinajstić information content (AvgIpc) is 1.86. The van der Waals surface area contributed by atoms with E-state index in [1.165, 1.54) is 19.4 Å². The Morgan fingerprint density at radius 2 is 2.40 bits per heavy atom. The Bertz CT molecular complexity index is 94.7. The molecule has 0 aliphatic carbocycles. The van der Waals surface area contributed by atoms with Crippen molar-refractivity contribution in [2.75, 3.05) is 13.1 Å². The molecule has 0 saturated carbocycles. The van der Waals surface area contributed by atoms with E-state index in [9.17, 15) is 0 Å². The zero-order valence-corrected chi connectivity index (χ0v) is 7.01. The number of nitrogens with zero attached hydrogens (tertiary/aromatic N) is 1. The Morgan fingerprint density at radius 1 is 1.70 bits per heavy atom. The summed E-state index contributed by atoms with van der Waals surface area (Å²) >= 11 is 0. The van der Waals surface area contributed by atoms with Crippen LogP contribution in [0, 0.1) is 0 Å². The molecule has 0 aromatic rings. The normalized spacial score (nSPS) is 29.7. The van der Waals surface area contributed by atoms with Crippen LogP contribution in [-0.2, 0) is 0 Å². The topological polar surface area (TPSA) is 29.3 Å². The third-order valence-electron chi connectivity index (χ3n) is 2.62. The molecule has 2 N–H and O–H groups in total. The van der Waals surface area contributed by atoms with E-state index < -0.39 is 0 Å². The second-order valence-corrected chi connectivity index (χ2v) is 3.17. The van der Waals surface area contributed by atoms with Crippen molar-refractivity contribution in [3.05, 3.63) is 0 Å². The summed E-state index contributed by atoms with van der Waals surface area (Å²) in [7, 11) is 0. The van der Waals surface area contributed by atoms with Crippen molar-refractivity contribution in [3.8, 4) is 0 Å². The van der Waals surface area contributed by atoms with E-state index in [1.54, 1.807) is 0 Å². The molecule has 0 aromatic carbocycles. The molecule has 2 unspecified atom stereocenters. The molecule has 2 nitrogen and oxygen atoms in total. The summed E-state index contributed by atoms with van der Waals surface area (Å²) in [6, 6.07) is 1.43. The van der Waals surface area contributed by atoms with Crippen molar-refractivity contribution < 1.29 is 0 Å². The number of hydrogen-bond donors (Lipinski definition) is 1. The number of rotatable bonds is 3. The standard InChI is InChI=1S/C8H18N2/c1-3-7(2)10-5-4-8(10)6-9/h7-8H,3-6,9H2,1-2H3. The average molecular weight is 142 g/mol. The van der Waals surface area contributed by atoms with E-state index in [1.807, 2.05) is 0 Å². The molecule has 1 aliphatic rings. The van der Waals surface area contributed by atoms with Gasteiger partial charge in [0.25, 0.3) is 0 Å². The monoisotopic (exact) mass is 142 g/mol. The molecule has 1 aliphatic heterocycles. The summed E-state index contributed by atoms with van der Waals surface area (Å²) in [6.45, 7) is 6.61. The lowest BCUT2D eigenvalue weighted by Crippen LogP contribution is -2.55. The fraction of sp³-hybridized carbons (Fsp3) is 1.00. The quantitative estimate of drug-likeness (QED) is 0.632. The van der Waals surface area contributed by atoms with Gasteiger partial charge >= 0.3 is 0 Å². The first-order chi connectivity index (χ1) is 4.79. The van der Waals surface area contributed by atoms with Crippen molar-refractivity contribution in [1.82, 2.24) is 4.90 Å². The molecule has 0 radical (unpaired) electrons. The number of nitrogens with two attached hydrogens (primary N) is 1. The van der Waals surface area contributed by atoms with Crippen LogP contribution in [0.15, 0.2) is 0 Å². The molecule has 1 saturated heterocycles. The molecule has 1 fully saturated rings. The van der Waals surface area contributed by atoms with E-state index >= 15 is 0 Å². The van der Waals surface area contributed by atoms with Crippen molar-refractivity contribution in [3.63, 3.8) is 0 Å². The zero-order chi connectivity index (χ0) is 7.56. The maximum Gasteiger partial charge on any atom is 0.0233 e. The molecule has 0 aromatic heterocycles. The SMILES string of the molecule is CCC(C)N1CCC1CN. The summed E-state index contributed by atoms with van der Waals surface area (Å²) in [5.74, 6) is 0. The molecule has 2 atom stereocenters. The third-order valence-corrected chi connectivity index (χ3v) is 2.62. The predicted octanol–water partition coefficient (Wildman–Crippen LogP) is 0.818. The molecular weight excluding hydrogens is 124 g/mol. The fourth-order valence-corrected chi connectivity index (χ4v) is 1.53. The smallest absolute Gasteiger partial charge is 0.0233 e. The van der Waals surface area contributed by atoms with Crippen molar-refractivity contribution >= 4 is 0 Å². The minimum Gasteiger partial charge on any atom is -0.329 e. The zero-order valence-electron chi connectivity index (χ0n) is 7.01. The molecular formula is C8H18N2. The van der Waals surface area contributed by atoms with Gasteiger partial charge in [0.1, 0.15) is 0 Å². The van der Waals surface area contributed by atoms with E-state index in [0.717, 1.165) is 12.6 Å². The lowest BCUT2D eigenvalue weighted by molar-refractivity contribution is 0.0527. The lowest BCUT2D eigenvalue weighted by atomic mass is 9.99. The summed E-state index contributed by atoms with van der Waals surface area (Å²) < 4.78 is 0. The molecule has 0 amide bonds. The van der Waals surface area contributed by atoms with Gasteiger partial charge in [-0.25, -0.2) is 0 Å². The van der Waals surface area contributed by atoms with Crippen LogP contribution < -0.4 is 5.73 Å². The van der Waals surface area contributed by atoms with Crippen LogP contribution in [0.2, 0.25) is 0 Å². The first-order valence-electron chi connectivity index (χ1n) is 4.25. The largest absolute Gasteiger partial charge is 0.329 e. The highest BCUT2D eigenvalue weighted by Crippen LogP contribution is 2.20. The van der Waals surface area contributed by atoms with Gasteiger partial charge in [0.2, 0.25) is 0 Å². The van der Waals surface area contributed by atoms with Crippen molar-refractivity contribution in [1.29, 1.82) is 0 Å². The van der Waals surface area contributed by atoms with Gasteiger partial charge in [0, 0.05) is 25.2 Å². The second-order valence-electron chi connectivity index (χ2n) is 3.17. The van der Waals surface area contributed by atoms with Crippen LogP contribution in [0.1, 0.15) is 26.7 Å². The molecule has 2 heteroatoms. The van der Waals surface area contributed by atoms with Gasteiger partial charge in [-0.05, 0) is 19.8 Å². The van der Waals surface area contributed by atoms with E-state index in [2.05, 4.69) is 18.7 Å². The third kappa shape index (κ3) is 1.32.